The highest BCUT2D eigenvalue weighted by atomic mass is 16.5. The molecule has 1 saturated heterocycles. The van der Waals surface area contributed by atoms with E-state index in [2.05, 4.69) is 44.1 Å². The molecule has 2 fully saturated rings. The van der Waals surface area contributed by atoms with Gasteiger partial charge in [-0.15, -0.1) is 0 Å². The summed E-state index contributed by atoms with van der Waals surface area (Å²) >= 11 is 0. The van der Waals surface area contributed by atoms with Crippen LogP contribution in [0.25, 0.3) is 0 Å². The van der Waals surface area contributed by atoms with Crippen LogP contribution in [-0.2, 0) is 6.54 Å². The Kier molecular flexibility index (Phi) is 7.64. The maximum absolute atomic E-state index is 6.25. The molecule has 0 amide bonds. The molecule has 4 rings (SSSR count). The first-order valence-corrected chi connectivity index (χ1v) is 11.7. The lowest BCUT2D eigenvalue weighted by atomic mass is 10.2. The lowest BCUT2D eigenvalue weighted by Gasteiger charge is -2.36. The van der Waals surface area contributed by atoms with Gasteiger partial charge in [0, 0.05) is 45.1 Å². The number of hydrogen-bond acceptors (Lipinski definition) is 6. The number of guanidine groups is 1. The fourth-order valence-corrected chi connectivity index (χ4v) is 4.26. The van der Waals surface area contributed by atoms with Crippen molar-refractivity contribution in [3.8, 4) is 11.5 Å². The van der Waals surface area contributed by atoms with Crippen molar-refractivity contribution in [2.24, 2.45) is 4.99 Å². The summed E-state index contributed by atoms with van der Waals surface area (Å²) in [6.45, 7) is 7.03. The highest BCUT2D eigenvalue weighted by molar-refractivity contribution is 5.80. The number of methoxy groups -OCH3 is 1. The molecule has 2 aliphatic rings. The van der Waals surface area contributed by atoms with E-state index in [1.807, 2.05) is 12.1 Å². The predicted octanol–water partition coefficient (Wildman–Crippen LogP) is 3.09. The minimum Gasteiger partial charge on any atom is -0.493 e. The number of nitrogens with one attached hydrogen (secondary N) is 1. The summed E-state index contributed by atoms with van der Waals surface area (Å²) in [7, 11) is 1.69. The third-order valence-corrected chi connectivity index (χ3v) is 5.98. The number of rotatable bonds is 7. The number of benzene rings is 1. The summed E-state index contributed by atoms with van der Waals surface area (Å²) in [6.07, 6.45) is 8.61. The fraction of sp³-hybridized carbons (Fsp3) is 0.542. The third-order valence-electron chi connectivity index (χ3n) is 5.98. The molecule has 0 unspecified atom stereocenters. The first-order chi connectivity index (χ1) is 15.8. The van der Waals surface area contributed by atoms with Gasteiger partial charge in [-0.3, -0.25) is 0 Å². The average Bonchev–Trinajstić information content (AvgIpc) is 3.36. The van der Waals surface area contributed by atoms with Gasteiger partial charge in [-0.05, 0) is 56.4 Å². The summed E-state index contributed by atoms with van der Waals surface area (Å²) in [5.74, 6) is 3.35. The highest BCUT2D eigenvalue weighted by Crippen LogP contribution is 2.32. The Morgan fingerprint density at radius 2 is 1.84 bits per heavy atom. The minimum absolute atomic E-state index is 0.296. The molecule has 8 heteroatoms. The van der Waals surface area contributed by atoms with Crippen molar-refractivity contribution in [1.82, 2.24) is 20.2 Å². The molecular formula is C24H34N6O2. The maximum Gasteiger partial charge on any atom is 0.225 e. The van der Waals surface area contributed by atoms with Gasteiger partial charge in [-0.2, -0.15) is 0 Å². The molecule has 0 spiro atoms. The standard InChI is InChI=1S/C24H34N6O2/c1-3-25-23(29-13-15-30(16-14-29)24-26-11-6-12-27-24)28-18-19-9-10-21(31-2)22(17-19)32-20-7-4-5-8-20/h6,9-12,17,20H,3-5,7-8,13-16,18H2,1-2H3,(H,25,28). The van der Waals surface area contributed by atoms with Crippen LogP contribution in [0, 0.1) is 0 Å². The normalized spacial score (nSPS) is 17.5. The van der Waals surface area contributed by atoms with Crippen molar-refractivity contribution >= 4 is 11.9 Å². The number of nitrogens with zero attached hydrogens (tertiary/aromatic N) is 5. The highest BCUT2D eigenvalue weighted by Gasteiger charge is 2.21. The van der Waals surface area contributed by atoms with E-state index < -0.39 is 0 Å². The molecule has 32 heavy (non-hydrogen) atoms. The molecule has 1 saturated carbocycles. The minimum atomic E-state index is 0.296. The molecule has 0 radical (unpaired) electrons. The van der Waals surface area contributed by atoms with Gasteiger partial charge < -0.3 is 24.6 Å². The zero-order chi connectivity index (χ0) is 22.2. The van der Waals surface area contributed by atoms with Gasteiger partial charge in [-0.25, -0.2) is 15.0 Å². The molecule has 2 heterocycles. The predicted molar refractivity (Wildman–Crippen MR) is 127 cm³/mol. The smallest absolute Gasteiger partial charge is 0.225 e. The Labute approximate surface area is 190 Å². The quantitative estimate of drug-likeness (QED) is 0.526. The summed E-state index contributed by atoms with van der Waals surface area (Å²) < 4.78 is 11.8. The molecule has 1 aliphatic heterocycles. The molecule has 8 nitrogen and oxygen atoms in total. The van der Waals surface area contributed by atoms with E-state index in [-0.39, 0.29) is 0 Å². The first-order valence-electron chi connectivity index (χ1n) is 11.7. The van der Waals surface area contributed by atoms with Crippen molar-refractivity contribution in [2.75, 3.05) is 44.7 Å². The molecule has 1 aromatic heterocycles. The Morgan fingerprint density at radius 1 is 1.09 bits per heavy atom. The molecular weight excluding hydrogens is 404 g/mol. The van der Waals surface area contributed by atoms with Crippen LogP contribution < -0.4 is 19.7 Å². The van der Waals surface area contributed by atoms with Crippen molar-refractivity contribution < 1.29 is 9.47 Å². The summed E-state index contributed by atoms with van der Waals surface area (Å²) in [5, 5.41) is 3.44. The second-order valence-electron chi connectivity index (χ2n) is 8.20. The fourth-order valence-electron chi connectivity index (χ4n) is 4.26. The van der Waals surface area contributed by atoms with Crippen LogP contribution in [-0.4, -0.2) is 66.8 Å². The van der Waals surface area contributed by atoms with Gasteiger partial charge in [-0.1, -0.05) is 6.07 Å². The van der Waals surface area contributed by atoms with E-state index in [1.165, 1.54) is 12.8 Å². The van der Waals surface area contributed by atoms with E-state index in [1.54, 1.807) is 19.5 Å². The summed E-state index contributed by atoms with van der Waals surface area (Å²) in [5.41, 5.74) is 1.12. The number of aromatic nitrogens is 2. The largest absolute Gasteiger partial charge is 0.493 e. The van der Waals surface area contributed by atoms with Crippen LogP contribution in [0.5, 0.6) is 11.5 Å². The maximum atomic E-state index is 6.25. The monoisotopic (exact) mass is 438 g/mol. The number of anilines is 1. The third kappa shape index (κ3) is 5.60. The van der Waals surface area contributed by atoms with Crippen molar-refractivity contribution in [1.29, 1.82) is 0 Å². The van der Waals surface area contributed by atoms with Crippen LogP contribution >= 0.6 is 0 Å². The van der Waals surface area contributed by atoms with Crippen LogP contribution in [0.3, 0.4) is 0 Å². The average molecular weight is 439 g/mol. The van der Waals surface area contributed by atoms with Crippen molar-refractivity contribution in [3.05, 3.63) is 42.2 Å². The number of ether oxygens (including phenoxy) is 2. The lowest BCUT2D eigenvalue weighted by Crippen LogP contribution is -2.52. The van der Waals surface area contributed by atoms with Gasteiger partial charge >= 0.3 is 0 Å². The van der Waals surface area contributed by atoms with E-state index in [9.17, 15) is 0 Å². The molecule has 0 bridgehead atoms. The van der Waals surface area contributed by atoms with Gasteiger partial charge in [0.15, 0.2) is 17.5 Å². The second kappa shape index (κ2) is 11.0. The number of piperazine rings is 1. The summed E-state index contributed by atoms with van der Waals surface area (Å²) in [4.78, 5) is 18.2. The molecule has 172 valence electrons. The molecule has 1 aliphatic carbocycles. The lowest BCUT2D eigenvalue weighted by molar-refractivity contribution is 0.200. The van der Waals surface area contributed by atoms with Crippen LogP contribution in [0.2, 0.25) is 0 Å². The number of hydrogen-bond donors (Lipinski definition) is 1. The molecule has 1 aromatic carbocycles. The SMILES string of the molecule is CCNC(=NCc1ccc(OC)c(OC2CCCC2)c1)N1CCN(c2ncccn2)CC1. The molecule has 0 atom stereocenters. The molecule has 2 aromatic rings. The van der Waals surface area contributed by atoms with Crippen molar-refractivity contribution in [2.45, 2.75) is 45.3 Å². The van der Waals surface area contributed by atoms with E-state index >= 15 is 0 Å². The zero-order valence-corrected chi connectivity index (χ0v) is 19.2. The van der Waals surface area contributed by atoms with E-state index in [0.29, 0.717) is 12.6 Å². The van der Waals surface area contributed by atoms with Gasteiger partial charge in [0.05, 0.1) is 19.8 Å². The summed E-state index contributed by atoms with van der Waals surface area (Å²) in [6, 6.07) is 7.98. The van der Waals surface area contributed by atoms with Gasteiger partial charge in [0.2, 0.25) is 5.95 Å². The Bertz CT molecular complexity index is 877. The van der Waals surface area contributed by atoms with Crippen LogP contribution in [0.15, 0.2) is 41.7 Å². The first kappa shape index (κ1) is 22.2. The Balaban J connectivity index is 1.40. The Hall–Kier alpha value is -3.03. The van der Waals surface area contributed by atoms with Crippen LogP contribution in [0.4, 0.5) is 5.95 Å². The topological polar surface area (TPSA) is 75.1 Å². The van der Waals surface area contributed by atoms with E-state index in [0.717, 1.165) is 74.5 Å². The van der Waals surface area contributed by atoms with Crippen LogP contribution in [0.1, 0.15) is 38.2 Å². The van der Waals surface area contributed by atoms with Crippen molar-refractivity contribution in [3.63, 3.8) is 0 Å². The molecule has 1 N–H and O–H groups in total. The Morgan fingerprint density at radius 3 is 2.53 bits per heavy atom. The van der Waals surface area contributed by atoms with Gasteiger partial charge in [0.25, 0.3) is 0 Å². The van der Waals surface area contributed by atoms with E-state index in [4.69, 9.17) is 14.5 Å². The number of aliphatic imine (C=N–C) groups is 1. The van der Waals surface area contributed by atoms with Gasteiger partial charge in [0.1, 0.15) is 0 Å². The zero-order valence-electron chi connectivity index (χ0n) is 19.2. The second-order valence-corrected chi connectivity index (χ2v) is 8.20.